The van der Waals surface area contributed by atoms with Crippen LogP contribution in [0.25, 0.3) is 0 Å². The third kappa shape index (κ3) is 4.50. The lowest BCUT2D eigenvalue weighted by atomic mass is 9.66. The average Bonchev–Trinajstić information content (AvgIpc) is 2.50. The van der Waals surface area contributed by atoms with Crippen molar-refractivity contribution >= 4 is 0 Å². The van der Waals surface area contributed by atoms with E-state index >= 15 is 0 Å². The monoisotopic (exact) mass is 317 g/mol. The minimum absolute atomic E-state index is 0.428. The standard InChI is InChI=1S/C21H35NO/c1-6-23-20-12-7-15(2)13-18(20)19(14-22)16-8-10-17(11-9-16)21(3,4)5/h7,12-13,16-17,19H,6,8-11,14,22H2,1-5H3. The molecule has 0 heterocycles. The molecule has 130 valence electrons. The van der Waals surface area contributed by atoms with Gasteiger partial charge >= 0.3 is 0 Å². The first-order valence-corrected chi connectivity index (χ1v) is 9.30. The predicted molar refractivity (Wildman–Crippen MR) is 99.0 cm³/mol. The minimum atomic E-state index is 0.428. The molecule has 2 heteroatoms. The number of aryl methyl sites for hydroxylation is 1. The van der Waals surface area contributed by atoms with Crippen molar-refractivity contribution < 1.29 is 4.74 Å². The van der Waals surface area contributed by atoms with Crippen LogP contribution in [0.4, 0.5) is 0 Å². The van der Waals surface area contributed by atoms with Gasteiger partial charge in [0.25, 0.3) is 0 Å². The van der Waals surface area contributed by atoms with E-state index in [2.05, 4.69) is 52.8 Å². The maximum atomic E-state index is 6.22. The van der Waals surface area contributed by atoms with Gasteiger partial charge in [-0.25, -0.2) is 0 Å². The van der Waals surface area contributed by atoms with E-state index in [1.807, 2.05) is 0 Å². The highest BCUT2D eigenvalue weighted by atomic mass is 16.5. The molecule has 2 N–H and O–H groups in total. The van der Waals surface area contributed by atoms with Gasteiger partial charge in [-0.3, -0.25) is 0 Å². The van der Waals surface area contributed by atoms with E-state index in [9.17, 15) is 0 Å². The van der Waals surface area contributed by atoms with Crippen LogP contribution in [0.15, 0.2) is 18.2 Å². The summed E-state index contributed by atoms with van der Waals surface area (Å²) in [7, 11) is 0. The summed E-state index contributed by atoms with van der Waals surface area (Å²) >= 11 is 0. The maximum absolute atomic E-state index is 6.22. The Balaban J connectivity index is 2.16. The van der Waals surface area contributed by atoms with Crippen molar-refractivity contribution in [3.8, 4) is 5.75 Å². The topological polar surface area (TPSA) is 35.2 Å². The van der Waals surface area contributed by atoms with Crippen molar-refractivity contribution in [3.63, 3.8) is 0 Å². The van der Waals surface area contributed by atoms with Crippen LogP contribution in [0.5, 0.6) is 5.75 Å². The number of hydrogen-bond donors (Lipinski definition) is 1. The first-order chi connectivity index (χ1) is 10.9. The van der Waals surface area contributed by atoms with Crippen LogP contribution in [0.1, 0.15) is 70.4 Å². The number of benzene rings is 1. The Bertz CT molecular complexity index is 495. The van der Waals surface area contributed by atoms with Crippen molar-refractivity contribution in [2.75, 3.05) is 13.2 Å². The van der Waals surface area contributed by atoms with Gasteiger partial charge in [-0.05, 0) is 75.0 Å². The van der Waals surface area contributed by atoms with E-state index in [4.69, 9.17) is 10.5 Å². The second-order valence-electron chi connectivity index (χ2n) is 8.29. The highest BCUT2D eigenvalue weighted by molar-refractivity contribution is 5.40. The van der Waals surface area contributed by atoms with E-state index < -0.39 is 0 Å². The Hall–Kier alpha value is -1.02. The molecule has 1 unspecified atom stereocenters. The van der Waals surface area contributed by atoms with Gasteiger partial charge in [0.15, 0.2) is 0 Å². The van der Waals surface area contributed by atoms with Gasteiger partial charge in [0.2, 0.25) is 0 Å². The third-order valence-electron chi connectivity index (χ3n) is 5.68. The molecule has 0 radical (unpaired) electrons. The van der Waals surface area contributed by atoms with Crippen LogP contribution in [-0.4, -0.2) is 13.2 Å². The van der Waals surface area contributed by atoms with Crippen LogP contribution >= 0.6 is 0 Å². The third-order valence-corrected chi connectivity index (χ3v) is 5.68. The van der Waals surface area contributed by atoms with E-state index in [0.717, 1.165) is 11.7 Å². The second kappa shape index (κ2) is 7.70. The SMILES string of the molecule is CCOc1ccc(C)cc1C(CN)C1CCC(C(C)(C)C)CC1. The van der Waals surface area contributed by atoms with Gasteiger partial charge in [0.1, 0.15) is 5.75 Å². The lowest BCUT2D eigenvalue weighted by Gasteiger charge is -2.39. The minimum Gasteiger partial charge on any atom is -0.494 e. The average molecular weight is 318 g/mol. The molecule has 23 heavy (non-hydrogen) atoms. The van der Waals surface area contributed by atoms with Crippen LogP contribution in [-0.2, 0) is 0 Å². The van der Waals surface area contributed by atoms with Crippen molar-refractivity contribution in [3.05, 3.63) is 29.3 Å². The van der Waals surface area contributed by atoms with Crippen LogP contribution in [0.2, 0.25) is 0 Å². The molecule has 0 amide bonds. The first kappa shape index (κ1) is 18.3. The molecule has 1 aliphatic rings. The quantitative estimate of drug-likeness (QED) is 0.801. The van der Waals surface area contributed by atoms with Crippen LogP contribution in [0.3, 0.4) is 0 Å². The fourth-order valence-electron chi connectivity index (χ4n) is 4.21. The zero-order chi connectivity index (χ0) is 17.0. The Morgan fingerprint density at radius 3 is 2.35 bits per heavy atom. The summed E-state index contributed by atoms with van der Waals surface area (Å²) in [5.74, 6) is 3.00. The maximum Gasteiger partial charge on any atom is 0.122 e. The molecular weight excluding hydrogens is 282 g/mol. The molecule has 1 saturated carbocycles. The zero-order valence-corrected chi connectivity index (χ0v) is 15.7. The largest absolute Gasteiger partial charge is 0.494 e. The molecule has 0 aliphatic heterocycles. The molecule has 2 rings (SSSR count). The van der Waals surface area contributed by atoms with Gasteiger partial charge in [-0.1, -0.05) is 38.5 Å². The van der Waals surface area contributed by atoms with Gasteiger partial charge in [-0.2, -0.15) is 0 Å². The number of rotatable bonds is 5. The molecule has 2 nitrogen and oxygen atoms in total. The molecule has 0 spiro atoms. The Labute approximate surface area is 142 Å². The smallest absolute Gasteiger partial charge is 0.122 e. The van der Waals surface area contributed by atoms with Crippen molar-refractivity contribution in [2.45, 2.75) is 66.2 Å². The van der Waals surface area contributed by atoms with E-state index in [1.54, 1.807) is 0 Å². The van der Waals surface area contributed by atoms with Crippen molar-refractivity contribution in [2.24, 2.45) is 23.0 Å². The summed E-state index contributed by atoms with van der Waals surface area (Å²) in [6, 6.07) is 6.55. The van der Waals surface area contributed by atoms with Gasteiger partial charge in [0.05, 0.1) is 6.61 Å². The highest BCUT2D eigenvalue weighted by Crippen LogP contribution is 2.45. The summed E-state index contributed by atoms with van der Waals surface area (Å²) in [4.78, 5) is 0. The van der Waals surface area contributed by atoms with Gasteiger partial charge < -0.3 is 10.5 Å². The highest BCUT2D eigenvalue weighted by Gasteiger charge is 2.33. The summed E-state index contributed by atoms with van der Waals surface area (Å²) in [5, 5.41) is 0. The Kier molecular flexibility index (Phi) is 6.13. The van der Waals surface area contributed by atoms with Crippen molar-refractivity contribution in [1.29, 1.82) is 0 Å². The lowest BCUT2D eigenvalue weighted by molar-refractivity contribution is 0.139. The molecule has 0 bridgehead atoms. The summed E-state index contributed by atoms with van der Waals surface area (Å²) < 4.78 is 5.89. The predicted octanol–water partition coefficient (Wildman–Crippen LogP) is 5.29. The molecule has 1 atom stereocenters. The fraction of sp³-hybridized carbons (Fsp3) is 0.714. The molecule has 1 aliphatic carbocycles. The number of hydrogen-bond acceptors (Lipinski definition) is 2. The summed E-state index contributed by atoms with van der Waals surface area (Å²) in [6.07, 6.45) is 5.26. The molecule has 0 saturated heterocycles. The van der Waals surface area contributed by atoms with Crippen LogP contribution < -0.4 is 10.5 Å². The second-order valence-corrected chi connectivity index (χ2v) is 8.29. The van der Waals surface area contributed by atoms with Gasteiger partial charge in [-0.15, -0.1) is 0 Å². The molecule has 1 aromatic rings. The molecule has 0 aromatic heterocycles. The first-order valence-electron chi connectivity index (χ1n) is 9.30. The normalized spacial score (nSPS) is 23.6. The fourth-order valence-corrected chi connectivity index (χ4v) is 4.21. The Morgan fingerprint density at radius 2 is 1.83 bits per heavy atom. The lowest BCUT2D eigenvalue weighted by Crippen LogP contribution is -2.30. The van der Waals surface area contributed by atoms with E-state index in [0.29, 0.717) is 30.4 Å². The van der Waals surface area contributed by atoms with E-state index in [1.165, 1.54) is 36.8 Å². The molecular formula is C21H35NO. The summed E-state index contributed by atoms with van der Waals surface area (Å²) in [5.41, 5.74) is 9.27. The van der Waals surface area contributed by atoms with Crippen molar-refractivity contribution in [1.82, 2.24) is 0 Å². The zero-order valence-electron chi connectivity index (χ0n) is 15.7. The molecule has 1 fully saturated rings. The number of nitrogens with two attached hydrogens (primary N) is 1. The van der Waals surface area contributed by atoms with E-state index in [-0.39, 0.29) is 0 Å². The summed E-state index contributed by atoms with van der Waals surface area (Å²) in [6.45, 7) is 12.8. The van der Waals surface area contributed by atoms with Gasteiger partial charge in [0, 0.05) is 5.92 Å². The van der Waals surface area contributed by atoms with Crippen LogP contribution in [0, 0.1) is 24.2 Å². The molecule has 1 aromatic carbocycles. The Morgan fingerprint density at radius 1 is 1.17 bits per heavy atom. The number of ether oxygens (including phenoxy) is 1.